The first-order valence-electron chi connectivity index (χ1n) is 7.25. The van der Waals surface area contributed by atoms with Crippen LogP contribution in [0.5, 0.6) is 6.01 Å². The number of rotatable bonds is 5. The van der Waals surface area contributed by atoms with E-state index in [-0.39, 0.29) is 5.56 Å². The maximum atomic E-state index is 11.9. The van der Waals surface area contributed by atoms with Crippen molar-refractivity contribution in [1.29, 1.82) is 0 Å². The van der Waals surface area contributed by atoms with E-state index >= 15 is 0 Å². The number of aromatic amines is 1. The quantitative estimate of drug-likeness (QED) is 0.833. The van der Waals surface area contributed by atoms with Gasteiger partial charge in [-0.05, 0) is 18.6 Å². The van der Waals surface area contributed by atoms with Gasteiger partial charge in [0.05, 0.1) is 30.7 Å². The maximum absolute atomic E-state index is 11.9. The summed E-state index contributed by atoms with van der Waals surface area (Å²) in [4.78, 5) is 21.2. The fraction of sp³-hybridized carbons (Fsp3) is 0.467. The Labute approximate surface area is 122 Å². The number of fused-ring (bicyclic) bond motifs is 1. The smallest absolute Gasteiger partial charge is 0.297 e. The van der Waals surface area contributed by atoms with E-state index in [1.54, 1.807) is 6.07 Å². The standard InChI is InChI=1S/C15H19N3O3/c19-14-12-4-1-2-5-13(12)16-15(17-14)21-9-3-6-18-7-10-20-11-8-18/h1-2,4-5H,3,6-11H2,(H,16,17,19). The average Bonchev–Trinajstić information content (AvgIpc) is 2.53. The van der Waals surface area contributed by atoms with Crippen molar-refractivity contribution in [2.75, 3.05) is 39.5 Å². The molecule has 1 saturated heterocycles. The Morgan fingerprint density at radius 3 is 2.95 bits per heavy atom. The lowest BCUT2D eigenvalue weighted by Crippen LogP contribution is -2.37. The second-order valence-corrected chi connectivity index (χ2v) is 5.04. The first kappa shape index (κ1) is 14.0. The molecule has 1 aromatic heterocycles. The summed E-state index contributed by atoms with van der Waals surface area (Å²) in [5, 5.41) is 0.582. The van der Waals surface area contributed by atoms with E-state index in [0.29, 0.717) is 23.5 Å². The van der Waals surface area contributed by atoms with E-state index in [4.69, 9.17) is 9.47 Å². The minimum absolute atomic E-state index is 0.163. The topological polar surface area (TPSA) is 67.5 Å². The Morgan fingerprint density at radius 1 is 1.29 bits per heavy atom. The van der Waals surface area contributed by atoms with Crippen molar-refractivity contribution in [2.45, 2.75) is 6.42 Å². The first-order chi connectivity index (χ1) is 10.3. The molecule has 0 bridgehead atoms. The summed E-state index contributed by atoms with van der Waals surface area (Å²) >= 11 is 0. The Bertz CT molecular complexity index is 650. The molecule has 6 nitrogen and oxygen atoms in total. The average molecular weight is 289 g/mol. The largest absolute Gasteiger partial charge is 0.465 e. The molecular weight excluding hydrogens is 270 g/mol. The Balaban J connectivity index is 1.54. The van der Waals surface area contributed by atoms with Gasteiger partial charge in [-0.25, -0.2) is 0 Å². The molecule has 2 heterocycles. The van der Waals surface area contributed by atoms with Crippen LogP contribution in [0, 0.1) is 0 Å². The predicted molar refractivity (Wildman–Crippen MR) is 79.7 cm³/mol. The van der Waals surface area contributed by atoms with Gasteiger partial charge in [-0.1, -0.05) is 12.1 Å². The van der Waals surface area contributed by atoms with Gasteiger partial charge in [0.15, 0.2) is 0 Å². The lowest BCUT2D eigenvalue weighted by Gasteiger charge is -2.26. The molecule has 21 heavy (non-hydrogen) atoms. The zero-order chi connectivity index (χ0) is 14.5. The van der Waals surface area contributed by atoms with Crippen LogP contribution in [0.3, 0.4) is 0 Å². The highest BCUT2D eigenvalue weighted by atomic mass is 16.5. The number of aromatic nitrogens is 2. The lowest BCUT2D eigenvalue weighted by atomic mass is 10.2. The normalized spacial score (nSPS) is 16.2. The molecule has 112 valence electrons. The molecule has 0 unspecified atom stereocenters. The molecule has 0 spiro atoms. The van der Waals surface area contributed by atoms with Gasteiger partial charge < -0.3 is 9.47 Å². The van der Waals surface area contributed by atoms with Gasteiger partial charge in [-0.2, -0.15) is 4.98 Å². The van der Waals surface area contributed by atoms with Crippen LogP contribution < -0.4 is 10.3 Å². The van der Waals surface area contributed by atoms with Gasteiger partial charge in [0.25, 0.3) is 11.6 Å². The lowest BCUT2D eigenvalue weighted by molar-refractivity contribution is 0.0356. The van der Waals surface area contributed by atoms with E-state index in [0.717, 1.165) is 39.3 Å². The first-order valence-corrected chi connectivity index (χ1v) is 7.25. The highest BCUT2D eigenvalue weighted by Gasteiger charge is 2.09. The van der Waals surface area contributed by atoms with Gasteiger partial charge in [-0.3, -0.25) is 14.7 Å². The van der Waals surface area contributed by atoms with Crippen molar-refractivity contribution in [1.82, 2.24) is 14.9 Å². The van der Waals surface area contributed by atoms with E-state index in [2.05, 4.69) is 14.9 Å². The van der Waals surface area contributed by atoms with Crippen molar-refractivity contribution >= 4 is 10.9 Å². The molecule has 0 radical (unpaired) electrons. The number of hydrogen-bond donors (Lipinski definition) is 1. The van der Waals surface area contributed by atoms with Crippen LogP contribution in [-0.2, 0) is 4.74 Å². The summed E-state index contributed by atoms with van der Waals surface area (Å²) in [6.45, 7) is 5.08. The second kappa shape index (κ2) is 6.69. The summed E-state index contributed by atoms with van der Waals surface area (Å²) in [6.07, 6.45) is 0.899. The minimum Gasteiger partial charge on any atom is -0.465 e. The zero-order valence-corrected chi connectivity index (χ0v) is 11.9. The third-order valence-corrected chi connectivity index (χ3v) is 3.55. The number of benzene rings is 1. The fourth-order valence-corrected chi connectivity index (χ4v) is 2.42. The van der Waals surface area contributed by atoms with E-state index < -0.39 is 0 Å². The molecule has 1 aliphatic heterocycles. The number of hydrogen-bond acceptors (Lipinski definition) is 5. The van der Waals surface area contributed by atoms with Crippen LogP contribution in [0.2, 0.25) is 0 Å². The van der Waals surface area contributed by atoms with Crippen LogP contribution in [0.1, 0.15) is 6.42 Å². The molecule has 0 amide bonds. The molecule has 1 fully saturated rings. The van der Waals surface area contributed by atoms with Gasteiger partial charge in [0.1, 0.15) is 0 Å². The second-order valence-electron chi connectivity index (χ2n) is 5.04. The van der Waals surface area contributed by atoms with Crippen molar-refractivity contribution in [3.63, 3.8) is 0 Å². The summed E-state index contributed by atoms with van der Waals surface area (Å²) in [5.41, 5.74) is 0.494. The van der Waals surface area contributed by atoms with Crippen molar-refractivity contribution < 1.29 is 9.47 Å². The minimum atomic E-state index is -0.163. The van der Waals surface area contributed by atoms with Gasteiger partial charge >= 0.3 is 0 Å². The molecule has 0 atom stereocenters. The number of nitrogens with zero attached hydrogens (tertiary/aromatic N) is 2. The van der Waals surface area contributed by atoms with Crippen LogP contribution in [-0.4, -0.2) is 54.3 Å². The van der Waals surface area contributed by atoms with Crippen LogP contribution >= 0.6 is 0 Å². The molecule has 0 aliphatic carbocycles. The van der Waals surface area contributed by atoms with Crippen molar-refractivity contribution in [3.8, 4) is 6.01 Å². The van der Waals surface area contributed by atoms with Gasteiger partial charge in [0.2, 0.25) is 0 Å². The Morgan fingerprint density at radius 2 is 2.10 bits per heavy atom. The van der Waals surface area contributed by atoms with E-state index in [1.165, 1.54) is 0 Å². The van der Waals surface area contributed by atoms with Crippen LogP contribution in [0.4, 0.5) is 0 Å². The van der Waals surface area contributed by atoms with Gasteiger partial charge in [0, 0.05) is 19.6 Å². The molecule has 1 aromatic carbocycles. The van der Waals surface area contributed by atoms with E-state index in [9.17, 15) is 4.79 Å². The molecule has 6 heteroatoms. The fourth-order valence-electron chi connectivity index (χ4n) is 2.42. The number of morpholine rings is 1. The number of ether oxygens (including phenoxy) is 2. The van der Waals surface area contributed by atoms with Gasteiger partial charge in [-0.15, -0.1) is 0 Å². The number of para-hydroxylation sites is 1. The third kappa shape index (κ3) is 3.59. The number of nitrogens with one attached hydrogen (secondary N) is 1. The molecular formula is C15H19N3O3. The summed E-state index contributed by atoms with van der Waals surface area (Å²) in [6, 6.07) is 7.54. The summed E-state index contributed by atoms with van der Waals surface area (Å²) in [5.74, 6) is 0. The summed E-state index contributed by atoms with van der Waals surface area (Å²) in [7, 11) is 0. The maximum Gasteiger partial charge on any atom is 0.297 e. The molecule has 0 saturated carbocycles. The van der Waals surface area contributed by atoms with Crippen LogP contribution in [0.25, 0.3) is 10.9 Å². The summed E-state index contributed by atoms with van der Waals surface area (Å²) < 4.78 is 10.9. The highest BCUT2D eigenvalue weighted by Crippen LogP contribution is 2.09. The van der Waals surface area contributed by atoms with E-state index in [1.807, 2.05) is 18.2 Å². The molecule has 3 rings (SSSR count). The molecule has 1 aliphatic rings. The van der Waals surface area contributed by atoms with Crippen LogP contribution in [0.15, 0.2) is 29.1 Å². The third-order valence-electron chi connectivity index (χ3n) is 3.55. The predicted octanol–water partition coefficient (Wildman–Crippen LogP) is 1.02. The Hall–Kier alpha value is -1.92. The SMILES string of the molecule is O=c1[nH]c(OCCCN2CCOCC2)nc2ccccc12. The molecule has 2 aromatic rings. The molecule has 1 N–H and O–H groups in total. The zero-order valence-electron chi connectivity index (χ0n) is 11.9. The monoisotopic (exact) mass is 289 g/mol. The Kier molecular flexibility index (Phi) is 4.47. The number of H-pyrrole nitrogens is 1. The van der Waals surface area contributed by atoms with Crippen molar-refractivity contribution in [3.05, 3.63) is 34.6 Å². The van der Waals surface area contributed by atoms with Crippen molar-refractivity contribution in [2.24, 2.45) is 0 Å². The highest BCUT2D eigenvalue weighted by molar-refractivity contribution is 5.77.